The first kappa shape index (κ1) is 18.5. The first-order chi connectivity index (χ1) is 11.3. The summed E-state index contributed by atoms with van der Waals surface area (Å²) in [6, 6.07) is 3.32. The number of nitrogens with one attached hydrogen (secondary N) is 1. The SMILES string of the molecule is CCN(C[C@@H]1CCN(C(=O)Nc2ccc(C)cn2)C1)CC(F)(F)F. The van der Waals surface area contributed by atoms with Gasteiger partial charge in [0.2, 0.25) is 0 Å². The zero-order chi connectivity index (χ0) is 17.7. The minimum atomic E-state index is -4.19. The summed E-state index contributed by atoms with van der Waals surface area (Å²) in [7, 11) is 0. The number of hydrogen-bond donors (Lipinski definition) is 1. The third kappa shape index (κ3) is 5.67. The first-order valence-electron chi connectivity index (χ1n) is 8.04. The van der Waals surface area contributed by atoms with E-state index in [0.717, 1.165) is 5.56 Å². The highest BCUT2D eigenvalue weighted by atomic mass is 19.4. The Balaban J connectivity index is 1.83. The molecule has 1 aliphatic heterocycles. The lowest BCUT2D eigenvalue weighted by atomic mass is 10.1. The molecule has 0 aromatic carbocycles. The Kier molecular flexibility index (Phi) is 6.04. The number of carbonyl (C=O) groups is 1. The molecule has 8 heteroatoms. The van der Waals surface area contributed by atoms with E-state index in [1.807, 2.05) is 13.0 Å². The lowest BCUT2D eigenvalue weighted by molar-refractivity contribution is -0.146. The molecule has 1 aromatic heterocycles. The molecule has 0 aliphatic carbocycles. The summed E-state index contributed by atoms with van der Waals surface area (Å²) < 4.78 is 37.6. The number of carbonyl (C=O) groups excluding carboxylic acids is 1. The van der Waals surface area contributed by atoms with Gasteiger partial charge in [0.1, 0.15) is 5.82 Å². The number of anilines is 1. The van der Waals surface area contributed by atoms with Crippen molar-refractivity contribution >= 4 is 11.8 Å². The number of pyridine rings is 1. The summed E-state index contributed by atoms with van der Waals surface area (Å²) in [5.41, 5.74) is 0.999. The number of halogens is 3. The van der Waals surface area contributed by atoms with Crippen molar-refractivity contribution < 1.29 is 18.0 Å². The molecule has 0 radical (unpaired) electrons. The van der Waals surface area contributed by atoms with Crippen molar-refractivity contribution in [3.8, 4) is 0 Å². The third-order valence-electron chi connectivity index (χ3n) is 4.09. The Hall–Kier alpha value is -1.83. The summed E-state index contributed by atoms with van der Waals surface area (Å²) in [5.74, 6) is 0.533. The maximum atomic E-state index is 12.5. The molecule has 1 aliphatic rings. The van der Waals surface area contributed by atoms with Crippen LogP contribution in [0.4, 0.5) is 23.8 Å². The maximum Gasteiger partial charge on any atom is 0.401 e. The van der Waals surface area contributed by atoms with E-state index < -0.39 is 12.7 Å². The van der Waals surface area contributed by atoms with Gasteiger partial charge in [0.15, 0.2) is 0 Å². The van der Waals surface area contributed by atoms with Gasteiger partial charge in [-0.3, -0.25) is 10.2 Å². The van der Waals surface area contributed by atoms with Crippen molar-refractivity contribution in [2.24, 2.45) is 5.92 Å². The molecular weight excluding hydrogens is 321 g/mol. The topological polar surface area (TPSA) is 48.5 Å². The molecule has 1 aromatic rings. The average molecular weight is 344 g/mol. The maximum absolute atomic E-state index is 12.5. The number of amides is 2. The van der Waals surface area contributed by atoms with E-state index in [1.54, 1.807) is 24.1 Å². The highest BCUT2D eigenvalue weighted by Gasteiger charge is 2.33. The molecule has 2 amide bonds. The Morgan fingerprint density at radius 3 is 2.79 bits per heavy atom. The number of aryl methyl sites for hydroxylation is 1. The molecular formula is C16H23F3N4O. The van der Waals surface area contributed by atoms with E-state index >= 15 is 0 Å². The molecule has 5 nitrogen and oxygen atoms in total. The zero-order valence-electron chi connectivity index (χ0n) is 13.9. The number of rotatable bonds is 5. The van der Waals surface area contributed by atoms with Gasteiger partial charge < -0.3 is 4.90 Å². The van der Waals surface area contributed by atoms with Crippen LogP contribution in [0, 0.1) is 12.8 Å². The normalized spacial score (nSPS) is 18.2. The number of alkyl halides is 3. The summed E-state index contributed by atoms with van der Waals surface area (Å²) in [4.78, 5) is 19.3. The molecule has 0 unspecified atom stereocenters. The highest BCUT2D eigenvalue weighted by Crippen LogP contribution is 2.21. The lowest BCUT2D eigenvalue weighted by Crippen LogP contribution is -2.39. The molecule has 1 N–H and O–H groups in total. The molecule has 0 spiro atoms. The average Bonchev–Trinajstić information content (AvgIpc) is 2.96. The van der Waals surface area contributed by atoms with Crippen LogP contribution in [-0.2, 0) is 0 Å². The fourth-order valence-electron chi connectivity index (χ4n) is 2.82. The van der Waals surface area contributed by atoms with Gasteiger partial charge in [-0.2, -0.15) is 13.2 Å². The number of likely N-dealkylation sites (tertiary alicyclic amines) is 1. The van der Waals surface area contributed by atoms with Crippen molar-refractivity contribution in [1.29, 1.82) is 0 Å². The van der Waals surface area contributed by atoms with Gasteiger partial charge in [0, 0.05) is 25.8 Å². The van der Waals surface area contributed by atoms with Gasteiger partial charge in [-0.15, -0.1) is 0 Å². The second kappa shape index (κ2) is 7.83. The van der Waals surface area contributed by atoms with Gasteiger partial charge in [0.25, 0.3) is 0 Å². The smallest absolute Gasteiger partial charge is 0.324 e. The molecule has 1 saturated heterocycles. The predicted molar refractivity (Wildman–Crippen MR) is 85.8 cm³/mol. The molecule has 0 bridgehead atoms. The molecule has 1 fully saturated rings. The van der Waals surface area contributed by atoms with Crippen molar-refractivity contribution in [2.75, 3.05) is 38.0 Å². The standard InChI is InChI=1S/C16H23F3N4O/c1-3-22(11-16(17,18)19)9-13-6-7-23(10-13)15(24)21-14-5-4-12(2)8-20-14/h4-5,8,13H,3,6-7,9-11H2,1-2H3,(H,20,21,24)/t13-/m0/s1. The van der Waals surface area contributed by atoms with E-state index in [1.165, 1.54) is 4.90 Å². The number of hydrogen-bond acceptors (Lipinski definition) is 3. The third-order valence-corrected chi connectivity index (χ3v) is 4.09. The molecule has 1 atom stereocenters. The molecule has 0 saturated carbocycles. The van der Waals surface area contributed by atoms with Crippen LogP contribution >= 0.6 is 0 Å². The minimum Gasteiger partial charge on any atom is -0.324 e. The Labute approximate surface area is 139 Å². The molecule has 134 valence electrons. The van der Waals surface area contributed by atoms with Crippen LogP contribution in [0.25, 0.3) is 0 Å². The van der Waals surface area contributed by atoms with Crippen molar-refractivity contribution in [3.63, 3.8) is 0 Å². The first-order valence-corrected chi connectivity index (χ1v) is 8.04. The predicted octanol–water partition coefficient (Wildman–Crippen LogP) is 3.13. The van der Waals surface area contributed by atoms with Gasteiger partial charge in [-0.25, -0.2) is 9.78 Å². The van der Waals surface area contributed by atoms with Gasteiger partial charge >= 0.3 is 12.2 Å². The van der Waals surface area contributed by atoms with E-state index in [0.29, 0.717) is 38.4 Å². The Bertz CT molecular complexity index is 547. The minimum absolute atomic E-state index is 0.0593. The Morgan fingerprint density at radius 2 is 2.21 bits per heavy atom. The van der Waals surface area contributed by atoms with Crippen LogP contribution in [0.15, 0.2) is 18.3 Å². The molecule has 24 heavy (non-hydrogen) atoms. The largest absolute Gasteiger partial charge is 0.401 e. The quantitative estimate of drug-likeness (QED) is 0.893. The van der Waals surface area contributed by atoms with Crippen LogP contribution in [0.2, 0.25) is 0 Å². The second-order valence-electron chi connectivity index (χ2n) is 6.19. The van der Waals surface area contributed by atoms with Crippen LogP contribution in [0.1, 0.15) is 18.9 Å². The summed E-state index contributed by atoms with van der Waals surface area (Å²) in [6.45, 7) is 4.42. The second-order valence-corrected chi connectivity index (χ2v) is 6.19. The van der Waals surface area contributed by atoms with E-state index in [4.69, 9.17) is 0 Å². The van der Waals surface area contributed by atoms with Crippen molar-refractivity contribution in [3.05, 3.63) is 23.9 Å². The van der Waals surface area contributed by atoms with Crippen molar-refractivity contribution in [1.82, 2.24) is 14.8 Å². The van der Waals surface area contributed by atoms with Crippen LogP contribution < -0.4 is 5.32 Å². The molecule has 2 rings (SSSR count). The summed E-state index contributed by atoms with van der Waals surface area (Å²) in [6.07, 6.45) is -1.81. The fourth-order valence-corrected chi connectivity index (χ4v) is 2.82. The Morgan fingerprint density at radius 1 is 1.46 bits per heavy atom. The van der Waals surface area contributed by atoms with Gasteiger partial charge in [0.05, 0.1) is 6.54 Å². The number of aromatic nitrogens is 1. The van der Waals surface area contributed by atoms with Gasteiger partial charge in [-0.1, -0.05) is 13.0 Å². The van der Waals surface area contributed by atoms with E-state index in [-0.39, 0.29) is 11.9 Å². The summed E-state index contributed by atoms with van der Waals surface area (Å²) >= 11 is 0. The van der Waals surface area contributed by atoms with Crippen molar-refractivity contribution in [2.45, 2.75) is 26.4 Å². The number of nitrogens with zero attached hydrogens (tertiary/aromatic N) is 3. The van der Waals surface area contributed by atoms with Crippen LogP contribution in [-0.4, -0.2) is 59.7 Å². The number of urea groups is 1. The summed E-state index contributed by atoms with van der Waals surface area (Å²) in [5, 5.41) is 2.72. The fraction of sp³-hybridized carbons (Fsp3) is 0.625. The monoisotopic (exact) mass is 344 g/mol. The highest BCUT2D eigenvalue weighted by molar-refractivity contribution is 5.88. The lowest BCUT2D eigenvalue weighted by Gasteiger charge is -2.25. The van der Waals surface area contributed by atoms with Crippen LogP contribution in [0.5, 0.6) is 0 Å². The van der Waals surface area contributed by atoms with Gasteiger partial charge in [-0.05, 0) is 37.4 Å². The molecule has 2 heterocycles. The van der Waals surface area contributed by atoms with E-state index in [2.05, 4.69) is 10.3 Å². The zero-order valence-corrected chi connectivity index (χ0v) is 13.9. The van der Waals surface area contributed by atoms with E-state index in [9.17, 15) is 18.0 Å². The van der Waals surface area contributed by atoms with Crippen LogP contribution in [0.3, 0.4) is 0 Å².